The predicted molar refractivity (Wildman–Crippen MR) is 80.5 cm³/mol. The standard InChI is InChI=1S/C13H24N4S/c1-8(2)17-13(12(14)11(5)15-17)16-6-9(3)18-10(4)7-16/h8-10H,6-7,14H2,1-5H3. The van der Waals surface area contributed by atoms with Gasteiger partial charge in [0.2, 0.25) is 0 Å². The van der Waals surface area contributed by atoms with Gasteiger partial charge in [0, 0.05) is 29.6 Å². The second kappa shape index (κ2) is 5.03. The number of nitrogens with two attached hydrogens (primary N) is 1. The molecule has 0 bridgehead atoms. The topological polar surface area (TPSA) is 47.1 Å². The molecule has 102 valence electrons. The Balaban J connectivity index is 2.37. The Morgan fingerprint density at radius 3 is 2.33 bits per heavy atom. The summed E-state index contributed by atoms with van der Waals surface area (Å²) in [6.45, 7) is 13.0. The Labute approximate surface area is 114 Å². The summed E-state index contributed by atoms with van der Waals surface area (Å²) < 4.78 is 2.07. The van der Waals surface area contributed by atoms with Gasteiger partial charge in [-0.3, -0.25) is 0 Å². The van der Waals surface area contributed by atoms with Crippen molar-refractivity contribution >= 4 is 23.3 Å². The van der Waals surface area contributed by atoms with Crippen LogP contribution < -0.4 is 10.6 Å². The Kier molecular flexibility index (Phi) is 3.80. The highest BCUT2D eigenvalue weighted by Gasteiger charge is 2.27. The lowest BCUT2D eigenvalue weighted by Gasteiger charge is -2.36. The predicted octanol–water partition coefficient (Wildman–Crippen LogP) is 2.68. The molecule has 0 aromatic carbocycles. The summed E-state index contributed by atoms with van der Waals surface area (Å²) in [6, 6.07) is 0.344. The van der Waals surface area contributed by atoms with Gasteiger partial charge in [0.1, 0.15) is 0 Å². The van der Waals surface area contributed by atoms with Gasteiger partial charge in [-0.15, -0.1) is 0 Å². The van der Waals surface area contributed by atoms with E-state index in [-0.39, 0.29) is 0 Å². The first-order valence-corrected chi connectivity index (χ1v) is 7.59. The normalized spacial score (nSPS) is 24.9. The smallest absolute Gasteiger partial charge is 0.150 e. The second-order valence-corrected chi connectivity index (χ2v) is 7.40. The fourth-order valence-corrected chi connectivity index (χ4v) is 3.90. The van der Waals surface area contributed by atoms with Crippen LogP contribution in [0.3, 0.4) is 0 Å². The third-order valence-corrected chi connectivity index (χ3v) is 4.54. The van der Waals surface area contributed by atoms with E-state index in [1.807, 2.05) is 6.92 Å². The molecule has 2 N–H and O–H groups in total. The molecule has 2 atom stereocenters. The van der Waals surface area contributed by atoms with Gasteiger partial charge in [0.15, 0.2) is 5.82 Å². The maximum atomic E-state index is 6.23. The summed E-state index contributed by atoms with van der Waals surface area (Å²) in [5, 5.41) is 5.86. The van der Waals surface area contributed by atoms with Crippen LogP contribution >= 0.6 is 11.8 Å². The van der Waals surface area contributed by atoms with Crippen LogP contribution in [0.2, 0.25) is 0 Å². The van der Waals surface area contributed by atoms with Gasteiger partial charge in [-0.1, -0.05) is 13.8 Å². The van der Waals surface area contributed by atoms with Crippen molar-refractivity contribution in [2.24, 2.45) is 0 Å². The molecule has 1 saturated heterocycles. The van der Waals surface area contributed by atoms with Crippen molar-refractivity contribution in [3.8, 4) is 0 Å². The molecule has 18 heavy (non-hydrogen) atoms. The molecule has 0 saturated carbocycles. The molecule has 1 fully saturated rings. The van der Waals surface area contributed by atoms with Crippen molar-refractivity contribution in [1.29, 1.82) is 0 Å². The molecule has 1 aliphatic rings. The number of nitrogen functional groups attached to an aromatic ring is 1. The third kappa shape index (κ3) is 2.46. The molecule has 1 aromatic rings. The number of aromatic nitrogens is 2. The van der Waals surface area contributed by atoms with Crippen molar-refractivity contribution in [3.05, 3.63) is 5.69 Å². The Bertz CT molecular complexity index is 417. The third-order valence-electron chi connectivity index (χ3n) is 3.31. The summed E-state index contributed by atoms with van der Waals surface area (Å²) in [6.07, 6.45) is 0. The molecule has 4 nitrogen and oxygen atoms in total. The molecular weight excluding hydrogens is 244 g/mol. The van der Waals surface area contributed by atoms with Crippen molar-refractivity contribution in [2.75, 3.05) is 23.7 Å². The van der Waals surface area contributed by atoms with Crippen molar-refractivity contribution in [1.82, 2.24) is 9.78 Å². The lowest BCUT2D eigenvalue weighted by atomic mass is 10.3. The molecule has 5 heteroatoms. The van der Waals surface area contributed by atoms with E-state index in [0.717, 1.165) is 30.3 Å². The van der Waals surface area contributed by atoms with Gasteiger partial charge in [-0.2, -0.15) is 16.9 Å². The summed E-state index contributed by atoms with van der Waals surface area (Å²) in [7, 11) is 0. The minimum absolute atomic E-state index is 0.344. The number of hydrogen-bond acceptors (Lipinski definition) is 4. The first kappa shape index (κ1) is 13.6. The number of aryl methyl sites for hydroxylation is 1. The highest BCUT2D eigenvalue weighted by molar-refractivity contribution is 8.00. The van der Waals surface area contributed by atoms with Gasteiger partial charge < -0.3 is 10.6 Å². The summed E-state index contributed by atoms with van der Waals surface area (Å²) in [5.41, 5.74) is 8.02. The van der Waals surface area contributed by atoms with E-state index in [2.05, 4.69) is 54.1 Å². The highest BCUT2D eigenvalue weighted by atomic mass is 32.2. The number of rotatable bonds is 2. The monoisotopic (exact) mass is 268 g/mol. The average molecular weight is 268 g/mol. The average Bonchev–Trinajstić information content (AvgIpc) is 2.54. The van der Waals surface area contributed by atoms with Crippen LogP contribution in [0.15, 0.2) is 0 Å². The van der Waals surface area contributed by atoms with Gasteiger partial charge in [-0.25, -0.2) is 4.68 Å². The number of anilines is 2. The number of hydrogen-bond donors (Lipinski definition) is 1. The lowest BCUT2D eigenvalue weighted by Crippen LogP contribution is -2.42. The second-order valence-electron chi connectivity index (χ2n) is 5.52. The van der Waals surface area contributed by atoms with E-state index in [1.165, 1.54) is 0 Å². The van der Waals surface area contributed by atoms with E-state index in [4.69, 9.17) is 5.73 Å². The van der Waals surface area contributed by atoms with E-state index in [1.54, 1.807) is 0 Å². The van der Waals surface area contributed by atoms with Crippen molar-refractivity contribution in [3.63, 3.8) is 0 Å². The van der Waals surface area contributed by atoms with Crippen LogP contribution in [0.25, 0.3) is 0 Å². The van der Waals surface area contributed by atoms with Gasteiger partial charge in [0.25, 0.3) is 0 Å². The number of thioether (sulfide) groups is 1. The van der Waals surface area contributed by atoms with Gasteiger partial charge in [0.05, 0.1) is 11.4 Å². The van der Waals surface area contributed by atoms with Crippen LogP contribution in [-0.2, 0) is 0 Å². The molecule has 2 unspecified atom stereocenters. The SMILES string of the molecule is Cc1nn(C(C)C)c(N2CC(C)SC(C)C2)c1N. The minimum Gasteiger partial charge on any atom is -0.394 e. The van der Waals surface area contributed by atoms with Gasteiger partial charge in [-0.05, 0) is 20.8 Å². The Morgan fingerprint density at radius 2 is 1.83 bits per heavy atom. The molecule has 0 radical (unpaired) electrons. The van der Waals surface area contributed by atoms with E-state index in [9.17, 15) is 0 Å². The summed E-state index contributed by atoms with van der Waals surface area (Å²) in [4.78, 5) is 2.40. The Morgan fingerprint density at radius 1 is 1.28 bits per heavy atom. The van der Waals surface area contributed by atoms with E-state index in [0.29, 0.717) is 16.5 Å². The molecule has 0 aliphatic carbocycles. The van der Waals surface area contributed by atoms with Crippen LogP contribution in [0.1, 0.15) is 39.4 Å². The quantitative estimate of drug-likeness (QED) is 0.896. The fraction of sp³-hybridized carbons (Fsp3) is 0.769. The molecule has 2 heterocycles. The summed E-state index contributed by atoms with van der Waals surface area (Å²) in [5.74, 6) is 1.11. The molecule has 1 aromatic heterocycles. The van der Waals surface area contributed by atoms with Gasteiger partial charge >= 0.3 is 0 Å². The first-order valence-electron chi connectivity index (χ1n) is 6.65. The van der Waals surface area contributed by atoms with Crippen LogP contribution in [0, 0.1) is 6.92 Å². The van der Waals surface area contributed by atoms with E-state index < -0.39 is 0 Å². The van der Waals surface area contributed by atoms with Crippen molar-refractivity contribution in [2.45, 2.75) is 51.2 Å². The molecule has 0 amide bonds. The zero-order valence-corrected chi connectivity index (χ0v) is 12.8. The summed E-state index contributed by atoms with van der Waals surface area (Å²) >= 11 is 2.05. The van der Waals surface area contributed by atoms with Crippen LogP contribution in [0.5, 0.6) is 0 Å². The van der Waals surface area contributed by atoms with E-state index >= 15 is 0 Å². The molecule has 1 aliphatic heterocycles. The zero-order valence-electron chi connectivity index (χ0n) is 12.0. The largest absolute Gasteiger partial charge is 0.394 e. The lowest BCUT2D eigenvalue weighted by molar-refractivity contribution is 0.519. The molecular formula is C13H24N4S. The first-order chi connectivity index (χ1) is 8.40. The maximum Gasteiger partial charge on any atom is 0.150 e. The van der Waals surface area contributed by atoms with Crippen LogP contribution in [-0.4, -0.2) is 33.4 Å². The minimum atomic E-state index is 0.344. The Hall–Kier alpha value is -0.840. The molecule has 0 spiro atoms. The highest BCUT2D eigenvalue weighted by Crippen LogP contribution is 2.34. The number of nitrogens with zero attached hydrogens (tertiary/aromatic N) is 3. The maximum absolute atomic E-state index is 6.23. The zero-order chi connectivity index (χ0) is 13.4. The molecule has 2 rings (SSSR count). The van der Waals surface area contributed by atoms with Crippen molar-refractivity contribution < 1.29 is 0 Å². The fourth-order valence-electron chi connectivity index (χ4n) is 2.57. The van der Waals surface area contributed by atoms with Crippen LogP contribution in [0.4, 0.5) is 11.5 Å².